The molecule has 1 aromatic rings. The molecule has 1 atom stereocenters. The number of hydrogen-bond acceptors (Lipinski definition) is 6. The summed E-state index contributed by atoms with van der Waals surface area (Å²) >= 11 is 0. The van der Waals surface area contributed by atoms with Crippen LogP contribution in [0.15, 0.2) is 18.2 Å². The Balaban J connectivity index is 1.78. The fourth-order valence-electron chi connectivity index (χ4n) is 3.78. The highest BCUT2D eigenvalue weighted by Gasteiger charge is 2.39. The number of anilines is 2. The third-order valence-corrected chi connectivity index (χ3v) is 5.40. The highest BCUT2D eigenvalue weighted by Crippen LogP contribution is 2.40. The van der Waals surface area contributed by atoms with Gasteiger partial charge in [-0.1, -0.05) is 0 Å². The van der Waals surface area contributed by atoms with Crippen LogP contribution in [0.2, 0.25) is 0 Å². The van der Waals surface area contributed by atoms with Gasteiger partial charge >= 0.3 is 12.1 Å². The number of nitrogens with zero attached hydrogens (tertiary/aromatic N) is 1. The molecule has 2 aliphatic rings. The van der Waals surface area contributed by atoms with Crippen molar-refractivity contribution in [2.45, 2.75) is 49.9 Å². The average Bonchev–Trinajstić information content (AvgIpc) is 2.63. The Kier molecular flexibility index (Phi) is 5.93. The van der Waals surface area contributed by atoms with Crippen molar-refractivity contribution < 1.29 is 37.8 Å². The third-order valence-electron chi connectivity index (χ3n) is 5.40. The number of carboxylic acids is 1. The van der Waals surface area contributed by atoms with Crippen molar-refractivity contribution >= 4 is 29.2 Å². The summed E-state index contributed by atoms with van der Waals surface area (Å²) in [5, 5.41) is 24.1. The Labute approximate surface area is 170 Å². The summed E-state index contributed by atoms with van der Waals surface area (Å²) in [6, 6.07) is 2.82. The first-order chi connectivity index (χ1) is 14.0. The first-order valence-electron chi connectivity index (χ1n) is 9.47. The number of amides is 2. The number of rotatable bonds is 5. The predicted molar refractivity (Wildman–Crippen MR) is 99.9 cm³/mol. The van der Waals surface area contributed by atoms with Gasteiger partial charge in [-0.3, -0.25) is 19.7 Å². The van der Waals surface area contributed by atoms with E-state index in [9.17, 15) is 32.7 Å². The summed E-state index contributed by atoms with van der Waals surface area (Å²) in [7, 11) is 0. The summed E-state index contributed by atoms with van der Waals surface area (Å²) in [4.78, 5) is 35.4. The number of hydrogen-bond donors (Lipinski definition) is 4. The Bertz CT molecular complexity index is 850. The molecule has 0 spiro atoms. The number of alkyl halides is 3. The summed E-state index contributed by atoms with van der Waals surface area (Å²) in [5.74, 6) is -2.17. The van der Waals surface area contributed by atoms with E-state index < -0.39 is 47.6 Å². The van der Waals surface area contributed by atoms with Crippen LogP contribution >= 0.6 is 0 Å². The molecule has 0 bridgehead atoms. The lowest BCUT2D eigenvalue weighted by Gasteiger charge is -2.39. The molecule has 30 heavy (non-hydrogen) atoms. The van der Waals surface area contributed by atoms with E-state index in [1.54, 1.807) is 0 Å². The van der Waals surface area contributed by atoms with E-state index in [2.05, 4.69) is 10.6 Å². The summed E-state index contributed by atoms with van der Waals surface area (Å²) in [6.45, 7) is 0.152. The molecule has 2 saturated heterocycles. The first kappa shape index (κ1) is 21.9. The SMILES string of the molecule is O=C(O)CC1(O)CCN(c2ccc(NC3CCC(=O)NC3=O)cc2C(F)(F)F)CC1. The van der Waals surface area contributed by atoms with Crippen molar-refractivity contribution in [3.8, 4) is 0 Å². The minimum absolute atomic E-state index is 0.0346. The largest absolute Gasteiger partial charge is 0.481 e. The minimum Gasteiger partial charge on any atom is -0.481 e. The summed E-state index contributed by atoms with van der Waals surface area (Å²) in [6.07, 6.45) is -4.77. The van der Waals surface area contributed by atoms with Crippen molar-refractivity contribution in [2.75, 3.05) is 23.3 Å². The van der Waals surface area contributed by atoms with Gasteiger partial charge in [-0.25, -0.2) is 0 Å². The second kappa shape index (κ2) is 8.13. The van der Waals surface area contributed by atoms with Crippen LogP contribution in [0, 0.1) is 0 Å². The number of carbonyl (C=O) groups is 3. The lowest BCUT2D eigenvalue weighted by atomic mass is 9.88. The molecule has 11 heteroatoms. The molecule has 0 aliphatic carbocycles. The smallest absolute Gasteiger partial charge is 0.418 e. The van der Waals surface area contributed by atoms with Gasteiger partial charge in [-0.15, -0.1) is 0 Å². The zero-order valence-corrected chi connectivity index (χ0v) is 16.0. The van der Waals surface area contributed by atoms with Crippen LogP contribution < -0.4 is 15.5 Å². The normalized spacial score (nSPS) is 21.9. The molecule has 2 aliphatic heterocycles. The monoisotopic (exact) mass is 429 g/mol. The quantitative estimate of drug-likeness (QED) is 0.527. The fourth-order valence-corrected chi connectivity index (χ4v) is 3.78. The number of carboxylic acid groups (broad SMARTS) is 1. The van der Waals surface area contributed by atoms with E-state index in [4.69, 9.17) is 5.11 Å². The maximum Gasteiger partial charge on any atom is 0.418 e. The average molecular weight is 429 g/mol. The number of piperidine rings is 2. The van der Waals surface area contributed by atoms with Crippen LogP contribution in [0.25, 0.3) is 0 Å². The van der Waals surface area contributed by atoms with Crippen LogP contribution in [-0.2, 0) is 20.6 Å². The molecule has 0 radical (unpaired) electrons. The second-order valence-corrected chi connectivity index (χ2v) is 7.66. The Morgan fingerprint density at radius 1 is 1.27 bits per heavy atom. The van der Waals surface area contributed by atoms with Gasteiger partial charge in [0.05, 0.1) is 17.6 Å². The van der Waals surface area contributed by atoms with Crippen molar-refractivity contribution in [3.05, 3.63) is 23.8 Å². The van der Waals surface area contributed by atoms with Gasteiger partial charge in [0, 0.05) is 30.9 Å². The van der Waals surface area contributed by atoms with E-state index in [0.29, 0.717) is 0 Å². The van der Waals surface area contributed by atoms with E-state index in [1.807, 2.05) is 0 Å². The molecule has 8 nitrogen and oxygen atoms in total. The third kappa shape index (κ3) is 5.02. The molecular weight excluding hydrogens is 407 g/mol. The number of carbonyl (C=O) groups excluding carboxylic acids is 2. The van der Waals surface area contributed by atoms with Crippen LogP contribution in [0.5, 0.6) is 0 Å². The predicted octanol–water partition coefficient (Wildman–Crippen LogP) is 1.73. The molecular formula is C19H22F3N3O5. The van der Waals surface area contributed by atoms with E-state index in [-0.39, 0.29) is 50.1 Å². The fraction of sp³-hybridized carbons (Fsp3) is 0.526. The highest BCUT2D eigenvalue weighted by atomic mass is 19.4. The van der Waals surface area contributed by atoms with Crippen LogP contribution in [0.4, 0.5) is 24.5 Å². The van der Waals surface area contributed by atoms with E-state index >= 15 is 0 Å². The van der Waals surface area contributed by atoms with Gasteiger partial charge in [0.2, 0.25) is 11.8 Å². The molecule has 2 fully saturated rings. The first-order valence-corrected chi connectivity index (χ1v) is 9.47. The molecule has 2 heterocycles. The standard InChI is InChI=1S/C19H22F3N3O5/c20-19(21,22)12-9-11(23-13-2-4-15(26)24-17(13)29)1-3-14(12)25-7-5-18(30,6-8-25)10-16(27)28/h1,3,9,13,23,30H,2,4-8,10H2,(H,27,28)(H,24,26,29). The Hall–Kier alpha value is -2.82. The minimum atomic E-state index is -4.66. The number of aliphatic hydroxyl groups is 1. The molecule has 1 unspecified atom stereocenters. The van der Waals surface area contributed by atoms with Crippen LogP contribution in [-0.4, -0.2) is 52.7 Å². The van der Waals surface area contributed by atoms with Gasteiger partial charge in [0.1, 0.15) is 6.04 Å². The molecule has 4 N–H and O–H groups in total. The molecule has 1 aromatic carbocycles. The number of aliphatic carboxylic acids is 1. The molecule has 3 rings (SSSR count). The van der Waals surface area contributed by atoms with Crippen LogP contribution in [0.1, 0.15) is 37.7 Å². The summed E-state index contributed by atoms with van der Waals surface area (Å²) < 4.78 is 41.1. The van der Waals surface area contributed by atoms with Gasteiger partial charge in [-0.2, -0.15) is 13.2 Å². The van der Waals surface area contributed by atoms with Crippen molar-refractivity contribution in [1.82, 2.24) is 5.32 Å². The lowest BCUT2D eigenvalue weighted by Crippen LogP contribution is -2.47. The van der Waals surface area contributed by atoms with Crippen molar-refractivity contribution in [2.24, 2.45) is 0 Å². The lowest BCUT2D eigenvalue weighted by molar-refractivity contribution is -0.143. The van der Waals surface area contributed by atoms with E-state index in [0.717, 1.165) is 6.07 Å². The van der Waals surface area contributed by atoms with Gasteiger partial charge in [-0.05, 0) is 37.5 Å². The van der Waals surface area contributed by atoms with Gasteiger partial charge < -0.3 is 20.4 Å². The van der Waals surface area contributed by atoms with Crippen molar-refractivity contribution in [1.29, 1.82) is 0 Å². The molecule has 0 saturated carbocycles. The zero-order valence-electron chi connectivity index (χ0n) is 16.0. The molecule has 0 aromatic heterocycles. The Morgan fingerprint density at radius 3 is 2.50 bits per heavy atom. The number of benzene rings is 1. The van der Waals surface area contributed by atoms with Crippen LogP contribution in [0.3, 0.4) is 0 Å². The number of halogens is 3. The second-order valence-electron chi connectivity index (χ2n) is 7.66. The van der Waals surface area contributed by atoms with Gasteiger partial charge in [0.25, 0.3) is 0 Å². The van der Waals surface area contributed by atoms with Gasteiger partial charge in [0.15, 0.2) is 0 Å². The molecule has 164 valence electrons. The highest BCUT2D eigenvalue weighted by molar-refractivity contribution is 6.01. The van der Waals surface area contributed by atoms with E-state index in [1.165, 1.54) is 17.0 Å². The zero-order chi connectivity index (χ0) is 22.1. The number of imide groups is 1. The topological polar surface area (TPSA) is 119 Å². The maximum absolute atomic E-state index is 13.7. The summed E-state index contributed by atoms with van der Waals surface area (Å²) in [5.41, 5.74) is -2.31. The Morgan fingerprint density at radius 2 is 1.93 bits per heavy atom. The van der Waals surface area contributed by atoms with Crippen molar-refractivity contribution in [3.63, 3.8) is 0 Å². The molecule has 2 amide bonds. The number of nitrogens with one attached hydrogen (secondary N) is 2. The maximum atomic E-state index is 13.7.